The quantitative estimate of drug-likeness (QED) is 0.768. The van der Waals surface area contributed by atoms with E-state index in [-0.39, 0.29) is 18.4 Å². The molecule has 1 heterocycles. The number of aliphatic carboxylic acids is 1. The Bertz CT molecular complexity index is 339. The molecule has 7 heteroatoms. The number of hydrogen-bond acceptors (Lipinski definition) is 5. The van der Waals surface area contributed by atoms with E-state index in [0.29, 0.717) is 11.3 Å². The second kappa shape index (κ2) is 5.40. The molecule has 0 fully saturated rings. The lowest BCUT2D eigenvalue weighted by Gasteiger charge is -2.10. The summed E-state index contributed by atoms with van der Waals surface area (Å²) in [5.41, 5.74) is 0. The molecule has 1 aromatic rings. The second-order valence-electron chi connectivity index (χ2n) is 3.09. The number of hydrogen-bond donors (Lipinski definition) is 2. The first kappa shape index (κ1) is 11.6. The molecule has 0 aromatic carbocycles. The van der Waals surface area contributed by atoms with Gasteiger partial charge in [0, 0.05) is 12.5 Å². The molecule has 0 bridgehead atoms. The van der Waals surface area contributed by atoms with Crippen molar-refractivity contribution in [2.45, 2.75) is 25.8 Å². The van der Waals surface area contributed by atoms with Crippen molar-refractivity contribution in [2.24, 2.45) is 0 Å². The van der Waals surface area contributed by atoms with Crippen LogP contribution in [0.15, 0.2) is 6.20 Å². The number of rotatable bonds is 5. The zero-order chi connectivity index (χ0) is 11.3. The van der Waals surface area contributed by atoms with Crippen LogP contribution in [-0.2, 0) is 4.79 Å². The highest BCUT2D eigenvalue weighted by molar-refractivity contribution is 7.07. The Morgan fingerprint density at radius 3 is 2.93 bits per heavy atom. The second-order valence-corrected chi connectivity index (χ2v) is 3.87. The highest BCUT2D eigenvalue weighted by Crippen LogP contribution is 2.03. The van der Waals surface area contributed by atoms with Crippen LogP contribution in [0.5, 0.6) is 0 Å². The van der Waals surface area contributed by atoms with E-state index in [1.165, 1.54) is 6.20 Å². The van der Waals surface area contributed by atoms with Crippen molar-refractivity contribution in [3.8, 4) is 0 Å². The Balaban J connectivity index is 2.35. The smallest absolute Gasteiger partial charge is 0.303 e. The number of carboxylic acids is 1. The molecule has 6 nitrogen and oxygen atoms in total. The number of nitrogens with zero attached hydrogens (tertiary/aromatic N) is 2. The Kier molecular flexibility index (Phi) is 4.17. The Hall–Kier alpha value is -1.50. The van der Waals surface area contributed by atoms with Crippen LogP contribution < -0.4 is 5.32 Å². The fraction of sp³-hybridized carbons (Fsp3) is 0.500. The van der Waals surface area contributed by atoms with Gasteiger partial charge in [-0.05, 0) is 24.9 Å². The maximum Gasteiger partial charge on any atom is 0.303 e. The zero-order valence-electron chi connectivity index (χ0n) is 8.14. The molecule has 0 saturated carbocycles. The molecular formula is C8H11N3O3S. The minimum atomic E-state index is -0.865. The molecule has 0 aliphatic heterocycles. The van der Waals surface area contributed by atoms with Crippen molar-refractivity contribution >= 4 is 23.4 Å². The molecule has 1 atom stereocenters. The van der Waals surface area contributed by atoms with Crippen molar-refractivity contribution in [2.75, 3.05) is 0 Å². The van der Waals surface area contributed by atoms with E-state index in [4.69, 9.17) is 5.11 Å². The van der Waals surface area contributed by atoms with Gasteiger partial charge in [-0.2, -0.15) is 0 Å². The topological polar surface area (TPSA) is 92.2 Å². The molecule has 0 radical (unpaired) electrons. The summed E-state index contributed by atoms with van der Waals surface area (Å²) >= 11 is 1.01. The summed E-state index contributed by atoms with van der Waals surface area (Å²) in [5.74, 6) is -1.13. The summed E-state index contributed by atoms with van der Waals surface area (Å²) in [7, 11) is 0. The Morgan fingerprint density at radius 2 is 2.40 bits per heavy atom. The third kappa shape index (κ3) is 4.03. The molecule has 15 heavy (non-hydrogen) atoms. The van der Waals surface area contributed by atoms with Crippen molar-refractivity contribution in [3.63, 3.8) is 0 Å². The standard InChI is InChI=1S/C8H11N3O3S/c1-5(2-3-7(12)13)10-8(14)6-4-9-11-15-6/h4-5H,2-3H2,1H3,(H,10,14)(H,12,13). The maximum absolute atomic E-state index is 11.4. The van der Waals surface area contributed by atoms with Crippen LogP contribution >= 0.6 is 11.5 Å². The molecule has 0 aliphatic rings. The van der Waals surface area contributed by atoms with Gasteiger partial charge in [0.1, 0.15) is 4.88 Å². The lowest BCUT2D eigenvalue weighted by atomic mass is 10.2. The molecule has 1 unspecified atom stereocenters. The number of carbonyl (C=O) groups is 2. The fourth-order valence-corrected chi connectivity index (χ4v) is 1.39. The lowest BCUT2D eigenvalue weighted by Crippen LogP contribution is -2.32. The van der Waals surface area contributed by atoms with Crippen LogP contribution in [0.1, 0.15) is 29.4 Å². The van der Waals surface area contributed by atoms with Gasteiger partial charge in [0.05, 0.1) is 6.20 Å². The zero-order valence-corrected chi connectivity index (χ0v) is 8.95. The SMILES string of the molecule is CC(CCC(=O)O)NC(=O)c1cnns1. The van der Waals surface area contributed by atoms with E-state index in [9.17, 15) is 9.59 Å². The third-order valence-corrected chi connectivity index (χ3v) is 2.42. The van der Waals surface area contributed by atoms with Crippen LogP contribution in [0.25, 0.3) is 0 Å². The predicted octanol–water partition coefficient (Wildman–Crippen LogP) is 0.521. The first-order chi connectivity index (χ1) is 7.09. The minimum absolute atomic E-state index is 0.0440. The lowest BCUT2D eigenvalue weighted by molar-refractivity contribution is -0.137. The van der Waals surface area contributed by atoms with Crippen LogP contribution in [0.4, 0.5) is 0 Å². The predicted molar refractivity (Wildman–Crippen MR) is 53.7 cm³/mol. The number of amides is 1. The summed E-state index contributed by atoms with van der Waals surface area (Å²) in [4.78, 5) is 22.1. The summed E-state index contributed by atoms with van der Waals surface area (Å²) in [6, 6.07) is -0.171. The van der Waals surface area contributed by atoms with Gasteiger partial charge in [0.25, 0.3) is 5.91 Å². The van der Waals surface area contributed by atoms with E-state index in [1.807, 2.05) is 0 Å². The van der Waals surface area contributed by atoms with Crippen molar-refractivity contribution in [3.05, 3.63) is 11.1 Å². The highest BCUT2D eigenvalue weighted by atomic mass is 32.1. The van der Waals surface area contributed by atoms with Gasteiger partial charge in [-0.15, -0.1) is 5.10 Å². The molecule has 1 aromatic heterocycles. The molecule has 0 spiro atoms. The number of nitrogens with one attached hydrogen (secondary N) is 1. The number of carboxylic acid groups (broad SMARTS) is 1. The van der Waals surface area contributed by atoms with E-state index in [1.54, 1.807) is 6.92 Å². The summed E-state index contributed by atoms with van der Waals surface area (Å²) < 4.78 is 3.56. The molecule has 1 amide bonds. The monoisotopic (exact) mass is 229 g/mol. The van der Waals surface area contributed by atoms with Gasteiger partial charge in [0.15, 0.2) is 0 Å². The van der Waals surface area contributed by atoms with Crippen molar-refractivity contribution in [1.82, 2.24) is 14.9 Å². The van der Waals surface area contributed by atoms with Crippen LogP contribution in [0.3, 0.4) is 0 Å². The number of aromatic nitrogens is 2. The van der Waals surface area contributed by atoms with Gasteiger partial charge < -0.3 is 10.4 Å². The van der Waals surface area contributed by atoms with Crippen LogP contribution in [-0.4, -0.2) is 32.6 Å². The van der Waals surface area contributed by atoms with Crippen LogP contribution in [0, 0.1) is 0 Å². The average Bonchev–Trinajstić information content (AvgIpc) is 2.67. The first-order valence-corrected chi connectivity index (χ1v) is 5.17. The third-order valence-electron chi connectivity index (χ3n) is 1.75. The molecule has 0 aliphatic carbocycles. The highest BCUT2D eigenvalue weighted by Gasteiger charge is 2.12. The van der Waals surface area contributed by atoms with E-state index < -0.39 is 5.97 Å². The Labute approximate surface area is 90.5 Å². The van der Waals surface area contributed by atoms with Gasteiger partial charge in [-0.3, -0.25) is 9.59 Å². The molecule has 1 rings (SSSR count). The summed E-state index contributed by atoms with van der Waals surface area (Å²) in [5, 5.41) is 14.7. The van der Waals surface area contributed by atoms with Gasteiger partial charge in [-0.1, -0.05) is 4.49 Å². The van der Waals surface area contributed by atoms with Crippen molar-refractivity contribution < 1.29 is 14.7 Å². The van der Waals surface area contributed by atoms with Gasteiger partial charge in [-0.25, -0.2) is 0 Å². The average molecular weight is 229 g/mol. The fourth-order valence-electron chi connectivity index (χ4n) is 0.974. The largest absolute Gasteiger partial charge is 0.481 e. The molecule has 82 valence electrons. The first-order valence-electron chi connectivity index (χ1n) is 4.39. The summed E-state index contributed by atoms with van der Waals surface area (Å²) in [6.45, 7) is 1.76. The maximum atomic E-state index is 11.4. The molecule has 2 N–H and O–H groups in total. The normalized spacial score (nSPS) is 12.1. The van der Waals surface area contributed by atoms with Gasteiger partial charge in [0.2, 0.25) is 0 Å². The van der Waals surface area contributed by atoms with Crippen molar-refractivity contribution in [1.29, 1.82) is 0 Å². The number of carbonyl (C=O) groups excluding carboxylic acids is 1. The van der Waals surface area contributed by atoms with E-state index in [2.05, 4.69) is 14.9 Å². The van der Waals surface area contributed by atoms with E-state index in [0.717, 1.165) is 11.5 Å². The summed E-state index contributed by atoms with van der Waals surface area (Å²) in [6.07, 6.45) is 1.83. The molecule has 0 saturated heterocycles. The van der Waals surface area contributed by atoms with E-state index >= 15 is 0 Å². The van der Waals surface area contributed by atoms with Crippen LogP contribution in [0.2, 0.25) is 0 Å². The Morgan fingerprint density at radius 1 is 1.67 bits per heavy atom. The van der Waals surface area contributed by atoms with Gasteiger partial charge >= 0.3 is 5.97 Å². The molecular weight excluding hydrogens is 218 g/mol. The minimum Gasteiger partial charge on any atom is -0.481 e.